The molecule has 0 aliphatic rings. The van der Waals surface area contributed by atoms with Crippen LogP contribution in [0, 0.1) is 13.8 Å². The highest BCUT2D eigenvalue weighted by molar-refractivity contribution is 7.89. The van der Waals surface area contributed by atoms with E-state index in [1.165, 1.54) is 6.07 Å². The van der Waals surface area contributed by atoms with E-state index in [0.717, 1.165) is 11.1 Å². The molecule has 2 rings (SSSR count). The van der Waals surface area contributed by atoms with E-state index in [4.69, 9.17) is 10.2 Å². The Morgan fingerprint density at radius 3 is 2.38 bits per heavy atom. The van der Waals surface area contributed by atoms with E-state index < -0.39 is 10.0 Å². The van der Waals surface area contributed by atoms with Crippen LogP contribution in [0.2, 0.25) is 0 Å². The maximum atomic E-state index is 12.4. The van der Waals surface area contributed by atoms with Crippen molar-refractivity contribution in [1.82, 2.24) is 4.72 Å². The van der Waals surface area contributed by atoms with Gasteiger partial charge in [0.05, 0.1) is 6.54 Å². The van der Waals surface area contributed by atoms with Gasteiger partial charge in [-0.3, -0.25) is 0 Å². The minimum atomic E-state index is -3.64. The topological polar surface area (TPSA) is 85.3 Å². The van der Waals surface area contributed by atoms with Gasteiger partial charge in [0.15, 0.2) is 0 Å². The molecule has 0 saturated heterocycles. The van der Waals surface area contributed by atoms with Crippen molar-refractivity contribution in [3.8, 4) is 0 Å². The Kier molecular flexibility index (Phi) is 4.51. The predicted octanol–water partition coefficient (Wildman–Crippen LogP) is 2.39. The lowest BCUT2D eigenvalue weighted by molar-refractivity contribution is 0.478. The molecule has 0 spiro atoms. The van der Waals surface area contributed by atoms with E-state index in [0.29, 0.717) is 11.5 Å². The van der Waals surface area contributed by atoms with E-state index >= 15 is 0 Å². The summed E-state index contributed by atoms with van der Waals surface area (Å²) in [7, 11) is -3.64. The van der Waals surface area contributed by atoms with Crippen LogP contribution in [0.25, 0.3) is 0 Å². The minimum Gasteiger partial charge on any atom is -0.464 e. The summed E-state index contributed by atoms with van der Waals surface area (Å²) >= 11 is 0. The van der Waals surface area contributed by atoms with E-state index in [-0.39, 0.29) is 17.5 Å². The van der Waals surface area contributed by atoms with Crippen LogP contribution >= 0.6 is 0 Å². The van der Waals surface area contributed by atoms with Gasteiger partial charge < -0.3 is 10.2 Å². The maximum absolute atomic E-state index is 12.4. The van der Waals surface area contributed by atoms with Gasteiger partial charge in [0.25, 0.3) is 0 Å². The third-order valence-corrected chi connectivity index (χ3v) is 4.97. The summed E-state index contributed by atoms with van der Waals surface area (Å²) in [5.41, 5.74) is 7.51. The summed E-state index contributed by atoms with van der Waals surface area (Å²) in [4.78, 5) is 0.141. The molecule has 0 aliphatic heterocycles. The Labute approximate surface area is 125 Å². The molecule has 6 heteroatoms. The lowest BCUT2D eigenvalue weighted by Gasteiger charge is -2.14. The molecule has 1 unspecified atom stereocenters. The first-order valence-electron chi connectivity index (χ1n) is 6.72. The van der Waals surface area contributed by atoms with Crippen LogP contribution in [-0.4, -0.2) is 8.42 Å². The molecular weight excluding hydrogens is 288 g/mol. The van der Waals surface area contributed by atoms with Crippen molar-refractivity contribution in [2.24, 2.45) is 5.73 Å². The van der Waals surface area contributed by atoms with Crippen LogP contribution in [0.4, 0.5) is 0 Å². The van der Waals surface area contributed by atoms with Gasteiger partial charge in [0.1, 0.15) is 16.4 Å². The number of rotatable bonds is 5. The highest BCUT2D eigenvalue weighted by atomic mass is 32.2. The minimum absolute atomic E-state index is 0.141. The molecule has 0 saturated carbocycles. The molecular formula is C15H20N2O3S. The average molecular weight is 308 g/mol. The lowest BCUT2D eigenvalue weighted by Crippen LogP contribution is -2.27. The second-order valence-electron chi connectivity index (χ2n) is 5.09. The Bertz CT molecular complexity index is 718. The number of nitrogens with one attached hydrogen (secondary N) is 1. The summed E-state index contributed by atoms with van der Waals surface area (Å²) in [6.07, 6.45) is 0. The largest absolute Gasteiger partial charge is 0.464 e. The van der Waals surface area contributed by atoms with Gasteiger partial charge in [0, 0.05) is 12.1 Å². The fourth-order valence-electron chi connectivity index (χ4n) is 2.11. The fourth-order valence-corrected chi connectivity index (χ4v) is 3.55. The van der Waals surface area contributed by atoms with Crippen molar-refractivity contribution in [1.29, 1.82) is 0 Å². The molecule has 0 radical (unpaired) electrons. The molecule has 114 valence electrons. The Hall–Kier alpha value is -1.63. The first-order chi connectivity index (χ1) is 9.83. The van der Waals surface area contributed by atoms with Gasteiger partial charge in [-0.15, -0.1) is 0 Å². The molecule has 1 aromatic carbocycles. The van der Waals surface area contributed by atoms with Crippen LogP contribution in [0.3, 0.4) is 0 Å². The molecule has 21 heavy (non-hydrogen) atoms. The van der Waals surface area contributed by atoms with Gasteiger partial charge in [-0.05, 0) is 26.3 Å². The lowest BCUT2D eigenvalue weighted by atomic mass is 10.1. The Balaban J connectivity index is 2.24. The SMILES string of the molecule is Cc1ccc(C(C)NS(=O)(=O)c2cc(CN)oc2C)cc1. The van der Waals surface area contributed by atoms with Crippen molar-refractivity contribution in [3.63, 3.8) is 0 Å². The first kappa shape index (κ1) is 15.8. The molecule has 0 aliphatic carbocycles. The second-order valence-corrected chi connectivity index (χ2v) is 6.77. The highest BCUT2D eigenvalue weighted by Crippen LogP contribution is 2.22. The smallest absolute Gasteiger partial charge is 0.244 e. The molecule has 2 aromatic rings. The predicted molar refractivity (Wildman–Crippen MR) is 81.3 cm³/mol. The zero-order valence-electron chi connectivity index (χ0n) is 12.4. The number of aryl methyl sites for hydroxylation is 2. The van der Waals surface area contributed by atoms with Crippen LogP contribution in [0.5, 0.6) is 0 Å². The third-order valence-electron chi connectivity index (χ3n) is 3.32. The molecule has 5 nitrogen and oxygen atoms in total. The standard InChI is InChI=1S/C15H20N2O3S/c1-10-4-6-13(7-5-10)11(2)17-21(18,19)15-8-14(9-16)20-12(15)3/h4-8,11,17H,9,16H2,1-3H3. The van der Waals surface area contributed by atoms with E-state index in [1.54, 1.807) is 6.92 Å². The molecule has 0 fully saturated rings. The summed E-state index contributed by atoms with van der Waals surface area (Å²) < 4.78 is 32.8. The maximum Gasteiger partial charge on any atom is 0.244 e. The van der Waals surface area contributed by atoms with Crippen LogP contribution in [-0.2, 0) is 16.6 Å². The van der Waals surface area contributed by atoms with Gasteiger partial charge >= 0.3 is 0 Å². The van der Waals surface area contributed by atoms with Crippen molar-refractivity contribution in [2.75, 3.05) is 0 Å². The summed E-state index contributed by atoms with van der Waals surface area (Å²) in [5.74, 6) is 0.801. The molecule has 3 N–H and O–H groups in total. The zero-order valence-corrected chi connectivity index (χ0v) is 13.2. The van der Waals surface area contributed by atoms with Crippen molar-refractivity contribution < 1.29 is 12.8 Å². The summed E-state index contributed by atoms with van der Waals surface area (Å²) in [6.45, 7) is 5.58. The quantitative estimate of drug-likeness (QED) is 0.888. The normalized spacial score (nSPS) is 13.3. The number of hydrogen-bond acceptors (Lipinski definition) is 4. The second kappa shape index (κ2) is 6.01. The number of sulfonamides is 1. The number of hydrogen-bond donors (Lipinski definition) is 2. The van der Waals surface area contributed by atoms with Crippen LogP contribution in [0.1, 0.15) is 35.6 Å². The summed E-state index contributed by atoms with van der Waals surface area (Å²) in [5, 5.41) is 0. The molecule has 0 bridgehead atoms. The van der Waals surface area contributed by atoms with Crippen LogP contribution in [0.15, 0.2) is 39.6 Å². The fraction of sp³-hybridized carbons (Fsp3) is 0.333. The monoisotopic (exact) mass is 308 g/mol. The van der Waals surface area contributed by atoms with E-state index in [2.05, 4.69) is 4.72 Å². The first-order valence-corrected chi connectivity index (χ1v) is 8.20. The van der Waals surface area contributed by atoms with Crippen molar-refractivity contribution in [2.45, 2.75) is 38.3 Å². The van der Waals surface area contributed by atoms with Crippen molar-refractivity contribution >= 4 is 10.0 Å². The van der Waals surface area contributed by atoms with Crippen molar-refractivity contribution in [3.05, 3.63) is 53.0 Å². The van der Waals surface area contributed by atoms with Gasteiger partial charge in [-0.1, -0.05) is 29.8 Å². The number of nitrogens with two attached hydrogens (primary N) is 1. The highest BCUT2D eigenvalue weighted by Gasteiger charge is 2.23. The molecule has 1 atom stereocenters. The Morgan fingerprint density at radius 2 is 1.86 bits per heavy atom. The van der Waals surface area contributed by atoms with Gasteiger partial charge in [-0.2, -0.15) is 0 Å². The Morgan fingerprint density at radius 1 is 1.24 bits per heavy atom. The number of furan rings is 1. The average Bonchev–Trinajstić information content (AvgIpc) is 2.81. The van der Waals surface area contributed by atoms with E-state index in [9.17, 15) is 8.42 Å². The third kappa shape index (κ3) is 3.53. The zero-order chi connectivity index (χ0) is 15.6. The number of benzene rings is 1. The van der Waals surface area contributed by atoms with Gasteiger partial charge in [0.2, 0.25) is 10.0 Å². The summed E-state index contributed by atoms with van der Waals surface area (Å²) in [6, 6.07) is 8.88. The van der Waals surface area contributed by atoms with Gasteiger partial charge in [-0.25, -0.2) is 13.1 Å². The molecule has 1 aromatic heterocycles. The molecule has 0 amide bonds. The van der Waals surface area contributed by atoms with Crippen LogP contribution < -0.4 is 10.5 Å². The molecule has 1 heterocycles. The van der Waals surface area contributed by atoms with E-state index in [1.807, 2.05) is 38.1 Å².